The molecule has 3 N–H and O–H groups in total. The maximum absolute atomic E-state index is 13.1. The summed E-state index contributed by atoms with van der Waals surface area (Å²) < 4.78 is 68.6. The molecule has 0 heterocycles. The third-order valence-electron chi connectivity index (χ3n) is 18.8. The van der Waals surface area contributed by atoms with Gasteiger partial charge in [-0.2, -0.15) is 0 Å². The van der Waals surface area contributed by atoms with Crippen LogP contribution in [0, 0.1) is 5.92 Å². The summed E-state index contributed by atoms with van der Waals surface area (Å²) in [5.41, 5.74) is 0. The van der Waals surface area contributed by atoms with Gasteiger partial charge in [0.1, 0.15) is 19.3 Å². The molecule has 0 aromatic rings. The Morgan fingerprint density at radius 3 is 0.687 bits per heavy atom. The maximum Gasteiger partial charge on any atom is 0.472 e. The maximum atomic E-state index is 13.1. The highest BCUT2D eigenvalue weighted by Crippen LogP contribution is 2.45. The van der Waals surface area contributed by atoms with E-state index >= 15 is 0 Å². The van der Waals surface area contributed by atoms with Crippen molar-refractivity contribution in [1.82, 2.24) is 0 Å². The lowest BCUT2D eigenvalue weighted by atomic mass is 10.0. The first kappa shape index (κ1) is 97.1. The van der Waals surface area contributed by atoms with Crippen molar-refractivity contribution >= 4 is 39.5 Å². The van der Waals surface area contributed by atoms with Gasteiger partial charge in [-0.15, -0.1) is 0 Å². The quantitative estimate of drug-likeness (QED) is 0.0222. The van der Waals surface area contributed by atoms with E-state index in [1.54, 1.807) is 0 Å². The van der Waals surface area contributed by atoms with Gasteiger partial charge in [0, 0.05) is 25.7 Å². The lowest BCUT2D eigenvalue weighted by molar-refractivity contribution is -0.161. The Morgan fingerprint density at radius 1 is 0.273 bits per heavy atom. The van der Waals surface area contributed by atoms with E-state index in [0.29, 0.717) is 25.7 Å². The molecule has 0 aliphatic rings. The Morgan fingerprint density at radius 2 is 0.465 bits per heavy atom. The molecule has 0 spiro atoms. The van der Waals surface area contributed by atoms with Crippen molar-refractivity contribution < 1.29 is 80.2 Å². The summed E-state index contributed by atoms with van der Waals surface area (Å²) in [6.07, 6.45) is 64.0. The Labute approximate surface area is 607 Å². The first-order chi connectivity index (χ1) is 48.0. The minimum Gasteiger partial charge on any atom is -0.462 e. The number of carbonyl (C=O) groups is 4. The number of phosphoric acid groups is 2. The molecular formula is C80H156O17P2. The standard InChI is InChI=1S/C80H156O17P2/c1-6-9-12-15-18-21-23-24-25-26-27-28-29-30-31-34-38-41-46-51-56-61-66-80(85)97-76(70-91-78(83)64-59-54-49-45-40-37-35-32-33-36-39-43-47-52-57-62-73(4)5)72-95-99(88,89)93-68-74(81)67-92-98(86,87)94-71-75(69-90-77(82)63-58-53-48-42-20-17-14-11-8-3)96-79(84)65-60-55-50-44-22-19-16-13-10-7-2/h73-76,81H,6-72H2,1-5H3,(H,86,87)(H,88,89)/t74-,75+,76+/m0/s1. The van der Waals surface area contributed by atoms with Crippen LogP contribution in [-0.2, 0) is 65.4 Å². The van der Waals surface area contributed by atoms with Crippen molar-refractivity contribution in [3.63, 3.8) is 0 Å². The van der Waals surface area contributed by atoms with Crippen LogP contribution in [0.4, 0.5) is 0 Å². The predicted octanol–water partition coefficient (Wildman–Crippen LogP) is 24.0. The van der Waals surface area contributed by atoms with Crippen LogP contribution >= 0.6 is 15.6 Å². The number of ether oxygens (including phenoxy) is 4. The van der Waals surface area contributed by atoms with Gasteiger partial charge in [-0.25, -0.2) is 9.13 Å². The van der Waals surface area contributed by atoms with Crippen LogP contribution < -0.4 is 0 Å². The van der Waals surface area contributed by atoms with Crippen molar-refractivity contribution in [3.05, 3.63) is 0 Å². The molecule has 0 aromatic heterocycles. The van der Waals surface area contributed by atoms with Gasteiger partial charge in [0.05, 0.1) is 26.4 Å². The monoisotopic (exact) mass is 1450 g/mol. The first-order valence-electron chi connectivity index (χ1n) is 41.6. The minimum absolute atomic E-state index is 0.107. The van der Waals surface area contributed by atoms with Crippen molar-refractivity contribution in [3.8, 4) is 0 Å². The third-order valence-corrected chi connectivity index (χ3v) is 20.7. The van der Waals surface area contributed by atoms with Crippen LogP contribution in [-0.4, -0.2) is 96.7 Å². The van der Waals surface area contributed by atoms with E-state index < -0.39 is 97.5 Å². The van der Waals surface area contributed by atoms with Gasteiger partial charge in [-0.05, 0) is 31.6 Å². The molecule has 0 aromatic carbocycles. The van der Waals surface area contributed by atoms with Gasteiger partial charge in [0.25, 0.3) is 0 Å². The number of esters is 4. The van der Waals surface area contributed by atoms with Crippen molar-refractivity contribution in [2.75, 3.05) is 39.6 Å². The number of hydrogen-bond donors (Lipinski definition) is 3. The third kappa shape index (κ3) is 74.1. The smallest absolute Gasteiger partial charge is 0.462 e. The number of aliphatic hydroxyl groups is 1. The molecule has 0 bridgehead atoms. The molecule has 2 unspecified atom stereocenters. The molecular weight excluding hydrogens is 1290 g/mol. The summed E-state index contributed by atoms with van der Waals surface area (Å²) in [6, 6.07) is 0. The van der Waals surface area contributed by atoms with E-state index in [-0.39, 0.29) is 25.7 Å². The van der Waals surface area contributed by atoms with Crippen molar-refractivity contribution in [1.29, 1.82) is 0 Å². The zero-order valence-electron chi connectivity index (χ0n) is 64.6. The number of hydrogen-bond acceptors (Lipinski definition) is 15. The number of phosphoric ester groups is 2. The average Bonchev–Trinajstić information content (AvgIpc) is 2.38. The lowest BCUT2D eigenvalue weighted by Crippen LogP contribution is -2.30. The van der Waals surface area contributed by atoms with Crippen LogP contribution in [0.25, 0.3) is 0 Å². The van der Waals surface area contributed by atoms with Crippen molar-refractivity contribution in [2.45, 2.75) is 445 Å². The Bertz CT molecular complexity index is 1890. The van der Waals surface area contributed by atoms with Gasteiger partial charge in [-0.3, -0.25) is 37.3 Å². The van der Waals surface area contributed by atoms with Crippen LogP contribution in [0.2, 0.25) is 0 Å². The second-order valence-electron chi connectivity index (χ2n) is 29.3. The Balaban J connectivity index is 5.16. The minimum atomic E-state index is -4.96. The molecule has 0 aliphatic carbocycles. The molecule has 0 fully saturated rings. The SMILES string of the molecule is CCCCCCCCCCCCCCCCCCCCCCCCC(=O)O[C@H](COC(=O)CCCCCCCCCCCCCCCCCC(C)C)COP(=O)(O)OC[C@@H](O)COP(=O)(O)OC[C@@H](COC(=O)CCCCCCCCCCC)OC(=O)CCCCCCCCCCCC. The fourth-order valence-corrected chi connectivity index (χ4v) is 14.0. The summed E-state index contributed by atoms with van der Waals surface area (Å²) in [7, 11) is -9.91. The Kier molecular flexibility index (Phi) is 71.6. The van der Waals surface area contributed by atoms with Crippen LogP contribution in [0.3, 0.4) is 0 Å². The highest BCUT2D eigenvalue weighted by molar-refractivity contribution is 7.47. The summed E-state index contributed by atoms with van der Waals surface area (Å²) >= 11 is 0. The number of aliphatic hydroxyl groups excluding tert-OH is 1. The summed E-state index contributed by atoms with van der Waals surface area (Å²) in [4.78, 5) is 72.8. The van der Waals surface area contributed by atoms with E-state index in [2.05, 4.69) is 34.6 Å². The zero-order chi connectivity index (χ0) is 72.7. The first-order valence-corrected chi connectivity index (χ1v) is 44.6. The van der Waals surface area contributed by atoms with E-state index in [9.17, 15) is 43.2 Å². The fraction of sp³-hybridized carbons (Fsp3) is 0.950. The van der Waals surface area contributed by atoms with E-state index in [4.69, 9.17) is 37.0 Å². The van der Waals surface area contributed by atoms with Gasteiger partial charge in [0.2, 0.25) is 0 Å². The van der Waals surface area contributed by atoms with Crippen LogP contribution in [0.5, 0.6) is 0 Å². The molecule has 0 amide bonds. The average molecular weight is 1450 g/mol. The predicted molar refractivity (Wildman–Crippen MR) is 405 cm³/mol. The van der Waals surface area contributed by atoms with Gasteiger partial charge in [-0.1, -0.05) is 375 Å². The molecule has 99 heavy (non-hydrogen) atoms. The largest absolute Gasteiger partial charge is 0.472 e. The van der Waals surface area contributed by atoms with Crippen molar-refractivity contribution in [2.24, 2.45) is 5.92 Å². The number of unbranched alkanes of at least 4 members (excludes halogenated alkanes) is 52. The lowest BCUT2D eigenvalue weighted by Gasteiger charge is -2.21. The molecule has 0 rings (SSSR count). The number of carbonyl (C=O) groups excluding carboxylic acids is 4. The van der Waals surface area contributed by atoms with E-state index in [1.807, 2.05) is 0 Å². The van der Waals surface area contributed by atoms with Gasteiger partial charge < -0.3 is 33.8 Å². The second-order valence-corrected chi connectivity index (χ2v) is 32.2. The molecule has 5 atom stereocenters. The van der Waals surface area contributed by atoms with Gasteiger partial charge in [0.15, 0.2) is 12.2 Å². The van der Waals surface area contributed by atoms with Crippen LogP contribution in [0.15, 0.2) is 0 Å². The molecule has 17 nitrogen and oxygen atoms in total. The molecule has 0 radical (unpaired) electrons. The molecule has 0 saturated heterocycles. The zero-order valence-corrected chi connectivity index (χ0v) is 66.4. The topological polar surface area (TPSA) is 237 Å². The summed E-state index contributed by atoms with van der Waals surface area (Å²) in [6.45, 7) is 7.32. The number of rotatable bonds is 80. The van der Waals surface area contributed by atoms with E-state index in [1.165, 1.54) is 250 Å². The molecule has 0 aliphatic heterocycles. The Hall–Kier alpha value is -1.94. The summed E-state index contributed by atoms with van der Waals surface area (Å²) in [5, 5.41) is 10.6. The fourth-order valence-electron chi connectivity index (χ4n) is 12.4. The van der Waals surface area contributed by atoms with Crippen LogP contribution in [0.1, 0.15) is 426 Å². The normalized spacial score (nSPS) is 13.9. The van der Waals surface area contributed by atoms with E-state index in [0.717, 1.165) is 95.8 Å². The highest BCUT2D eigenvalue weighted by atomic mass is 31.2. The summed E-state index contributed by atoms with van der Waals surface area (Å²) in [5.74, 6) is -1.30. The van der Waals surface area contributed by atoms with Gasteiger partial charge >= 0.3 is 39.5 Å². The molecule has 19 heteroatoms. The molecule has 588 valence electrons. The molecule has 0 saturated carbocycles. The second kappa shape index (κ2) is 73.0. The highest BCUT2D eigenvalue weighted by Gasteiger charge is 2.30.